The molecule has 4 heteroatoms. The van der Waals surface area contributed by atoms with Gasteiger partial charge < -0.3 is 15.4 Å². The van der Waals surface area contributed by atoms with Gasteiger partial charge in [-0.05, 0) is 37.5 Å². The zero-order valence-corrected chi connectivity index (χ0v) is 11.5. The molecule has 1 amide bonds. The van der Waals surface area contributed by atoms with Crippen LogP contribution in [0.1, 0.15) is 36.5 Å². The fourth-order valence-corrected chi connectivity index (χ4v) is 2.32. The molecule has 4 nitrogen and oxygen atoms in total. The number of carbonyl (C=O) groups is 1. The molecule has 0 saturated carbocycles. The predicted octanol–water partition coefficient (Wildman–Crippen LogP) is 2.04. The van der Waals surface area contributed by atoms with E-state index in [4.69, 9.17) is 10.5 Å². The number of nitrogens with two attached hydrogens (primary N) is 1. The lowest BCUT2D eigenvalue weighted by Crippen LogP contribution is -2.45. The maximum absolute atomic E-state index is 12.4. The van der Waals surface area contributed by atoms with Crippen molar-refractivity contribution in [2.45, 2.75) is 32.2 Å². The van der Waals surface area contributed by atoms with E-state index in [0.717, 1.165) is 31.6 Å². The summed E-state index contributed by atoms with van der Waals surface area (Å²) in [6.45, 7) is 4.18. The van der Waals surface area contributed by atoms with Gasteiger partial charge in [-0.15, -0.1) is 0 Å². The first-order chi connectivity index (χ1) is 9.20. The highest BCUT2D eigenvalue weighted by Crippen LogP contribution is 2.17. The predicted molar refractivity (Wildman–Crippen MR) is 75.3 cm³/mol. The van der Waals surface area contributed by atoms with E-state index in [1.807, 2.05) is 29.2 Å². The van der Waals surface area contributed by atoms with E-state index in [1.54, 1.807) is 0 Å². The van der Waals surface area contributed by atoms with Gasteiger partial charge in [0.05, 0.1) is 6.61 Å². The smallest absolute Gasteiger partial charge is 0.254 e. The third-order valence-corrected chi connectivity index (χ3v) is 3.30. The standard InChI is InChI=1S/C15H22N2O2/c1-2-9-19-14-7-3-5-12(10-14)15(18)17-8-4-6-13(16)11-17/h3,5,7,10,13H,2,4,6,8-9,11,16H2,1H3. The normalized spacial score (nSPS) is 19.3. The quantitative estimate of drug-likeness (QED) is 0.903. The highest BCUT2D eigenvalue weighted by molar-refractivity contribution is 5.94. The van der Waals surface area contributed by atoms with Crippen molar-refractivity contribution < 1.29 is 9.53 Å². The number of rotatable bonds is 4. The largest absolute Gasteiger partial charge is 0.494 e. The summed E-state index contributed by atoms with van der Waals surface area (Å²) in [5.74, 6) is 0.811. The summed E-state index contributed by atoms with van der Waals surface area (Å²) >= 11 is 0. The summed E-state index contributed by atoms with van der Waals surface area (Å²) in [7, 11) is 0. The second kappa shape index (κ2) is 6.57. The van der Waals surface area contributed by atoms with Crippen LogP contribution in [-0.2, 0) is 0 Å². The third-order valence-electron chi connectivity index (χ3n) is 3.30. The lowest BCUT2D eigenvalue weighted by Gasteiger charge is -2.30. The molecule has 1 aromatic rings. The van der Waals surface area contributed by atoms with Crippen molar-refractivity contribution >= 4 is 5.91 Å². The van der Waals surface area contributed by atoms with Gasteiger partial charge in [-0.1, -0.05) is 13.0 Å². The summed E-state index contributed by atoms with van der Waals surface area (Å²) in [4.78, 5) is 14.2. The van der Waals surface area contributed by atoms with Crippen molar-refractivity contribution in [3.05, 3.63) is 29.8 Å². The second-order valence-corrected chi connectivity index (χ2v) is 5.03. The minimum Gasteiger partial charge on any atom is -0.494 e. The van der Waals surface area contributed by atoms with Crippen LogP contribution in [0.3, 0.4) is 0 Å². The lowest BCUT2D eigenvalue weighted by molar-refractivity contribution is 0.0708. The summed E-state index contributed by atoms with van der Waals surface area (Å²) in [6, 6.07) is 7.51. The molecule has 1 unspecified atom stereocenters. The molecule has 1 heterocycles. The van der Waals surface area contributed by atoms with Crippen LogP contribution in [0.2, 0.25) is 0 Å². The van der Waals surface area contributed by atoms with Crippen LogP contribution in [0.4, 0.5) is 0 Å². The van der Waals surface area contributed by atoms with E-state index in [0.29, 0.717) is 18.7 Å². The van der Waals surface area contributed by atoms with Crippen molar-refractivity contribution in [3.63, 3.8) is 0 Å². The minimum atomic E-state index is 0.0529. The van der Waals surface area contributed by atoms with Crippen molar-refractivity contribution in [2.75, 3.05) is 19.7 Å². The lowest BCUT2D eigenvalue weighted by atomic mass is 10.1. The maximum atomic E-state index is 12.4. The SMILES string of the molecule is CCCOc1cccc(C(=O)N2CCCC(N)C2)c1. The Labute approximate surface area is 114 Å². The Balaban J connectivity index is 2.05. The average Bonchev–Trinajstić information content (AvgIpc) is 2.44. The maximum Gasteiger partial charge on any atom is 0.254 e. The van der Waals surface area contributed by atoms with E-state index in [2.05, 4.69) is 6.92 Å². The molecule has 1 aliphatic heterocycles. The van der Waals surface area contributed by atoms with Crippen molar-refractivity contribution in [1.29, 1.82) is 0 Å². The fraction of sp³-hybridized carbons (Fsp3) is 0.533. The van der Waals surface area contributed by atoms with Gasteiger partial charge in [0, 0.05) is 24.7 Å². The summed E-state index contributed by atoms with van der Waals surface area (Å²) in [5, 5.41) is 0. The number of piperidine rings is 1. The van der Waals surface area contributed by atoms with E-state index < -0.39 is 0 Å². The van der Waals surface area contributed by atoms with E-state index >= 15 is 0 Å². The topological polar surface area (TPSA) is 55.6 Å². The number of nitrogens with zero attached hydrogens (tertiary/aromatic N) is 1. The van der Waals surface area contributed by atoms with Gasteiger partial charge >= 0.3 is 0 Å². The minimum absolute atomic E-state index is 0.0529. The number of ether oxygens (including phenoxy) is 1. The van der Waals surface area contributed by atoms with Gasteiger partial charge in [0.1, 0.15) is 5.75 Å². The number of carbonyl (C=O) groups excluding carboxylic acids is 1. The number of hydrogen-bond acceptors (Lipinski definition) is 3. The molecular weight excluding hydrogens is 240 g/mol. The zero-order valence-electron chi connectivity index (χ0n) is 11.5. The van der Waals surface area contributed by atoms with Crippen LogP contribution in [-0.4, -0.2) is 36.5 Å². The molecule has 0 aromatic heterocycles. The van der Waals surface area contributed by atoms with Gasteiger partial charge in [0.2, 0.25) is 0 Å². The first-order valence-corrected chi connectivity index (χ1v) is 6.98. The highest BCUT2D eigenvalue weighted by atomic mass is 16.5. The molecule has 1 saturated heterocycles. The summed E-state index contributed by atoms with van der Waals surface area (Å²) < 4.78 is 5.56. The van der Waals surface area contributed by atoms with Crippen LogP contribution in [0.15, 0.2) is 24.3 Å². The van der Waals surface area contributed by atoms with E-state index in [-0.39, 0.29) is 11.9 Å². The van der Waals surface area contributed by atoms with Gasteiger partial charge in [0.15, 0.2) is 0 Å². The average molecular weight is 262 g/mol. The molecule has 1 aliphatic rings. The Bertz CT molecular complexity index is 434. The summed E-state index contributed by atoms with van der Waals surface area (Å²) in [5.41, 5.74) is 6.60. The van der Waals surface area contributed by atoms with Gasteiger partial charge in [0.25, 0.3) is 5.91 Å². The van der Waals surface area contributed by atoms with Crippen LogP contribution < -0.4 is 10.5 Å². The molecular formula is C15H22N2O2. The molecule has 104 valence electrons. The molecule has 2 rings (SSSR count). The number of benzene rings is 1. The fourth-order valence-electron chi connectivity index (χ4n) is 2.32. The Morgan fingerprint density at radius 2 is 2.37 bits per heavy atom. The third kappa shape index (κ3) is 3.70. The molecule has 0 aliphatic carbocycles. The van der Waals surface area contributed by atoms with Gasteiger partial charge in [-0.2, -0.15) is 0 Å². The Hall–Kier alpha value is -1.55. The molecule has 1 fully saturated rings. The molecule has 1 aromatic carbocycles. The molecule has 2 N–H and O–H groups in total. The van der Waals surface area contributed by atoms with Gasteiger partial charge in [-0.3, -0.25) is 4.79 Å². The second-order valence-electron chi connectivity index (χ2n) is 5.03. The Morgan fingerprint density at radius 3 is 3.11 bits per heavy atom. The van der Waals surface area contributed by atoms with Crippen LogP contribution in [0.25, 0.3) is 0 Å². The number of amides is 1. The zero-order chi connectivity index (χ0) is 13.7. The van der Waals surface area contributed by atoms with Crippen molar-refractivity contribution in [2.24, 2.45) is 5.73 Å². The van der Waals surface area contributed by atoms with E-state index in [9.17, 15) is 4.79 Å². The van der Waals surface area contributed by atoms with Gasteiger partial charge in [-0.25, -0.2) is 0 Å². The Morgan fingerprint density at radius 1 is 1.53 bits per heavy atom. The molecule has 19 heavy (non-hydrogen) atoms. The van der Waals surface area contributed by atoms with E-state index in [1.165, 1.54) is 0 Å². The number of likely N-dealkylation sites (tertiary alicyclic amines) is 1. The summed E-state index contributed by atoms with van der Waals surface area (Å²) in [6.07, 6.45) is 2.95. The highest BCUT2D eigenvalue weighted by Gasteiger charge is 2.22. The molecule has 0 bridgehead atoms. The molecule has 0 spiro atoms. The monoisotopic (exact) mass is 262 g/mol. The van der Waals surface area contributed by atoms with Crippen LogP contribution >= 0.6 is 0 Å². The van der Waals surface area contributed by atoms with Crippen LogP contribution in [0, 0.1) is 0 Å². The van der Waals surface area contributed by atoms with Crippen molar-refractivity contribution in [3.8, 4) is 5.75 Å². The first-order valence-electron chi connectivity index (χ1n) is 6.98. The first kappa shape index (κ1) is 13.9. The number of hydrogen-bond donors (Lipinski definition) is 1. The van der Waals surface area contributed by atoms with Crippen LogP contribution in [0.5, 0.6) is 5.75 Å². The molecule has 1 atom stereocenters. The van der Waals surface area contributed by atoms with Crippen molar-refractivity contribution in [1.82, 2.24) is 4.90 Å². The molecule has 0 radical (unpaired) electrons. The Kier molecular flexibility index (Phi) is 4.80.